The molecule has 4 rings (SSSR count). The zero-order chi connectivity index (χ0) is 17.4. The van der Waals surface area contributed by atoms with Crippen LogP contribution in [-0.4, -0.2) is 39.8 Å². The van der Waals surface area contributed by atoms with Crippen LogP contribution in [0.3, 0.4) is 0 Å². The van der Waals surface area contributed by atoms with Gasteiger partial charge in [-0.1, -0.05) is 24.3 Å². The van der Waals surface area contributed by atoms with E-state index in [-0.39, 0.29) is 17.7 Å². The molecule has 6 heteroatoms. The molecule has 1 fully saturated rings. The zero-order valence-corrected chi connectivity index (χ0v) is 13.8. The van der Waals surface area contributed by atoms with Gasteiger partial charge < -0.3 is 15.2 Å². The molecule has 1 aliphatic rings. The van der Waals surface area contributed by atoms with Crippen LogP contribution < -0.4 is 5.32 Å². The van der Waals surface area contributed by atoms with Gasteiger partial charge >= 0.3 is 0 Å². The molecule has 3 aromatic rings. The first-order chi connectivity index (χ1) is 12.1. The van der Waals surface area contributed by atoms with E-state index in [2.05, 4.69) is 15.3 Å². The summed E-state index contributed by atoms with van der Waals surface area (Å²) in [5, 5.41) is 3.72. The van der Waals surface area contributed by atoms with Crippen molar-refractivity contribution in [3.05, 3.63) is 59.9 Å². The molecule has 0 radical (unpaired) electrons. The van der Waals surface area contributed by atoms with Crippen LogP contribution in [0.5, 0.6) is 0 Å². The molecule has 0 aliphatic carbocycles. The third-order valence-electron chi connectivity index (χ3n) is 4.50. The van der Waals surface area contributed by atoms with E-state index in [1.807, 2.05) is 43.3 Å². The number of aryl methyl sites for hydroxylation is 1. The molecular weight excluding hydrogens is 316 g/mol. The average Bonchev–Trinajstić information content (AvgIpc) is 2.97. The fourth-order valence-corrected chi connectivity index (χ4v) is 3.07. The van der Waals surface area contributed by atoms with Gasteiger partial charge in [-0.05, 0) is 25.1 Å². The Kier molecular flexibility index (Phi) is 3.72. The number of aromatic nitrogens is 2. The number of carbonyl (C=O) groups excluding carboxylic acids is 2. The average molecular weight is 334 g/mol. The van der Waals surface area contributed by atoms with Gasteiger partial charge in [-0.3, -0.25) is 9.59 Å². The monoisotopic (exact) mass is 334 g/mol. The highest BCUT2D eigenvalue weighted by molar-refractivity contribution is 6.07. The minimum Gasteiger partial charge on any atom is -0.360 e. The maximum Gasteiger partial charge on any atom is 0.256 e. The molecule has 6 nitrogen and oxygen atoms in total. The van der Waals surface area contributed by atoms with E-state index in [4.69, 9.17) is 0 Å². The summed E-state index contributed by atoms with van der Waals surface area (Å²) < 4.78 is 0. The van der Waals surface area contributed by atoms with Gasteiger partial charge in [0.25, 0.3) is 5.91 Å². The Labute approximate surface area is 144 Å². The summed E-state index contributed by atoms with van der Waals surface area (Å²) in [5.74, 6) is 0.208. The molecule has 2 N–H and O–H groups in total. The van der Waals surface area contributed by atoms with Crippen molar-refractivity contribution in [2.24, 2.45) is 5.92 Å². The number of anilines is 1. The van der Waals surface area contributed by atoms with Gasteiger partial charge in [-0.2, -0.15) is 0 Å². The van der Waals surface area contributed by atoms with E-state index in [9.17, 15) is 9.59 Å². The van der Waals surface area contributed by atoms with Gasteiger partial charge in [0.15, 0.2) is 0 Å². The molecule has 1 aromatic carbocycles. The van der Waals surface area contributed by atoms with Crippen molar-refractivity contribution in [1.29, 1.82) is 0 Å². The Morgan fingerprint density at radius 1 is 1.16 bits per heavy atom. The highest BCUT2D eigenvalue weighted by atomic mass is 16.2. The van der Waals surface area contributed by atoms with Gasteiger partial charge in [0.2, 0.25) is 5.91 Å². The van der Waals surface area contributed by atoms with Crippen LogP contribution in [0.25, 0.3) is 10.9 Å². The number of likely N-dealkylation sites (tertiary alicyclic amines) is 1. The van der Waals surface area contributed by atoms with Crippen molar-refractivity contribution in [1.82, 2.24) is 14.9 Å². The molecule has 0 saturated carbocycles. The first kappa shape index (κ1) is 15.4. The Bertz CT molecular complexity index is 957. The van der Waals surface area contributed by atoms with Crippen LogP contribution >= 0.6 is 0 Å². The van der Waals surface area contributed by atoms with Crippen molar-refractivity contribution in [2.75, 3.05) is 18.4 Å². The first-order valence-electron chi connectivity index (χ1n) is 8.22. The maximum absolute atomic E-state index is 12.6. The molecule has 0 bridgehead atoms. The lowest BCUT2D eigenvalue weighted by atomic mass is 9.97. The van der Waals surface area contributed by atoms with E-state index < -0.39 is 0 Å². The number of fused-ring (bicyclic) bond motifs is 1. The Hall–Kier alpha value is -3.15. The number of nitrogens with one attached hydrogen (secondary N) is 2. The lowest BCUT2D eigenvalue weighted by Gasteiger charge is -2.38. The number of carbonyl (C=O) groups is 2. The number of nitrogens with zero attached hydrogens (tertiary/aromatic N) is 2. The minimum atomic E-state index is -0.198. The second-order valence-electron chi connectivity index (χ2n) is 6.31. The molecule has 25 heavy (non-hydrogen) atoms. The van der Waals surface area contributed by atoms with Crippen LogP contribution in [0.2, 0.25) is 0 Å². The van der Waals surface area contributed by atoms with Crippen LogP contribution in [0, 0.1) is 12.8 Å². The van der Waals surface area contributed by atoms with E-state index in [0.717, 1.165) is 16.6 Å². The van der Waals surface area contributed by atoms with Crippen LogP contribution in [0.1, 0.15) is 16.1 Å². The molecule has 0 unspecified atom stereocenters. The van der Waals surface area contributed by atoms with E-state index >= 15 is 0 Å². The summed E-state index contributed by atoms with van der Waals surface area (Å²) >= 11 is 0. The highest BCUT2D eigenvalue weighted by Crippen LogP contribution is 2.24. The summed E-state index contributed by atoms with van der Waals surface area (Å²) in [6.45, 7) is 2.73. The summed E-state index contributed by atoms with van der Waals surface area (Å²) in [6, 6.07) is 13.2. The van der Waals surface area contributed by atoms with E-state index in [1.54, 1.807) is 17.2 Å². The lowest BCUT2D eigenvalue weighted by molar-refractivity contribution is -0.123. The maximum atomic E-state index is 12.6. The molecule has 0 atom stereocenters. The van der Waals surface area contributed by atoms with Gasteiger partial charge in [0.05, 0.1) is 11.5 Å². The molecule has 1 saturated heterocycles. The van der Waals surface area contributed by atoms with Gasteiger partial charge in [0.1, 0.15) is 5.82 Å². The molecule has 1 aliphatic heterocycles. The lowest BCUT2D eigenvalue weighted by Crippen LogP contribution is -2.54. The predicted molar refractivity (Wildman–Crippen MR) is 95.3 cm³/mol. The standard InChI is InChI=1S/C19H18N4O2/c1-12-5-4-8-17(21-12)22-18(24)13-10-23(11-13)19(25)15-9-20-16-7-3-2-6-14(15)16/h2-9,13,20H,10-11H2,1H3,(H,21,22,24). The van der Waals surface area contributed by atoms with Gasteiger partial charge in [0, 0.05) is 35.9 Å². The third-order valence-corrected chi connectivity index (χ3v) is 4.50. The van der Waals surface area contributed by atoms with Crippen molar-refractivity contribution < 1.29 is 9.59 Å². The number of rotatable bonds is 3. The number of para-hydroxylation sites is 1. The Balaban J connectivity index is 1.40. The molecule has 3 heterocycles. The van der Waals surface area contributed by atoms with Crippen molar-refractivity contribution in [3.63, 3.8) is 0 Å². The SMILES string of the molecule is Cc1cccc(NC(=O)C2CN(C(=O)c3c[nH]c4ccccc34)C2)n1. The number of pyridine rings is 1. The number of benzene rings is 1. The fraction of sp³-hybridized carbons (Fsp3) is 0.211. The number of hydrogen-bond acceptors (Lipinski definition) is 3. The molecule has 2 aromatic heterocycles. The zero-order valence-electron chi connectivity index (χ0n) is 13.8. The highest BCUT2D eigenvalue weighted by Gasteiger charge is 2.36. The molecule has 0 spiro atoms. The Morgan fingerprint density at radius 3 is 2.76 bits per heavy atom. The quantitative estimate of drug-likeness (QED) is 0.773. The summed E-state index contributed by atoms with van der Waals surface area (Å²) in [4.78, 5) is 34.0. The van der Waals surface area contributed by atoms with Gasteiger partial charge in [-0.15, -0.1) is 0 Å². The summed E-state index contributed by atoms with van der Waals surface area (Å²) in [6.07, 6.45) is 1.73. The number of H-pyrrole nitrogens is 1. The third kappa shape index (κ3) is 2.87. The summed E-state index contributed by atoms with van der Waals surface area (Å²) in [5.41, 5.74) is 2.43. The van der Waals surface area contributed by atoms with Crippen LogP contribution in [0.4, 0.5) is 5.82 Å². The van der Waals surface area contributed by atoms with Crippen molar-refractivity contribution in [3.8, 4) is 0 Å². The predicted octanol–water partition coefficient (Wildman–Crippen LogP) is 2.58. The minimum absolute atomic E-state index is 0.0461. The smallest absolute Gasteiger partial charge is 0.256 e. The van der Waals surface area contributed by atoms with Crippen LogP contribution in [-0.2, 0) is 4.79 Å². The number of aromatic amines is 1. The second-order valence-corrected chi connectivity index (χ2v) is 6.31. The van der Waals surface area contributed by atoms with Crippen LogP contribution in [0.15, 0.2) is 48.7 Å². The van der Waals surface area contributed by atoms with Crippen molar-refractivity contribution in [2.45, 2.75) is 6.92 Å². The largest absolute Gasteiger partial charge is 0.360 e. The molecule has 126 valence electrons. The molecule has 2 amide bonds. The van der Waals surface area contributed by atoms with E-state index in [0.29, 0.717) is 24.5 Å². The van der Waals surface area contributed by atoms with Crippen molar-refractivity contribution >= 4 is 28.5 Å². The van der Waals surface area contributed by atoms with E-state index in [1.165, 1.54) is 0 Å². The molecular formula is C19H18N4O2. The summed E-state index contributed by atoms with van der Waals surface area (Å²) in [7, 11) is 0. The number of amides is 2. The normalized spacial score (nSPS) is 14.4. The fourth-order valence-electron chi connectivity index (χ4n) is 3.07. The Morgan fingerprint density at radius 2 is 1.96 bits per heavy atom. The van der Waals surface area contributed by atoms with Gasteiger partial charge in [-0.25, -0.2) is 4.98 Å². The topological polar surface area (TPSA) is 78.1 Å². The number of hydrogen-bond donors (Lipinski definition) is 2. The second kappa shape index (κ2) is 6.05. The first-order valence-corrected chi connectivity index (χ1v) is 8.22.